The molecular formula is C12H13ClFNO2S. The fraction of sp³-hybridized carbons (Fsp3) is 0.417. The molecule has 0 amide bonds. The molecule has 0 aromatic heterocycles. The van der Waals surface area contributed by atoms with Crippen LogP contribution in [0.2, 0.25) is 5.02 Å². The Balaban J connectivity index is 2.15. The molecule has 0 N–H and O–H groups in total. The molecule has 0 unspecified atom stereocenters. The molecular weight excluding hydrogens is 277 g/mol. The topological polar surface area (TPSA) is 21.7 Å². The van der Waals surface area contributed by atoms with Gasteiger partial charge in [-0.05, 0) is 25.1 Å². The van der Waals surface area contributed by atoms with Crippen molar-refractivity contribution in [3.8, 4) is 11.5 Å². The van der Waals surface area contributed by atoms with Gasteiger partial charge in [-0.2, -0.15) is 0 Å². The van der Waals surface area contributed by atoms with E-state index < -0.39 is 5.82 Å². The van der Waals surface area contributed by atoms with E-state index in [2.05, 4.69) is 0 Å². The highest BCUT2D eigenvalue weighted by Gasteiger charge is 2.19. The van der Waals surface area contributed by atoms with E-state index in [1.54, 1.807) is 0 Å². The van der Waals surface area contributed by atoms with Gasteiger partial charge in [-0.25, -0.2) is 4.39 Å². The van der Waals surface area contributed by atoms with Gasteiger partial charge in [0.2, 0.25) is 0 Å². The highest BCUT2D eigenvalue weighted by molar-refractivity contribution is 7.80. The number of likely N-dealkylation sites (tertiary alicyclic amines) is 1. The second kappa shape index (κ2) is 5.71. The maximum Gasteiger partial charge on any atom is 0.264 e. The fourth-order valence-corrected chi connectivity index (χ4v) is 2.30. The molecule has 2 rings (SSSR count). The highest BCUT2D eigenvalue weighted by Crippen LogP contribution is 2.32. The minimum absolute atomic E-state index is 0.0353. The Labute approximate surface area is 115 Å². The Kier molecular flexibility index (Phi) is 4.24. The molecule has 1 aromatic rings. The number of hydrogen-bond donors (Lipinski definition) is 0. The van der Waals surface area contributed by atoms with Crippen molar-refractivity contribution in [2.24, 2.45) is 0 Å². The van der Waals surface area contributed by atoms with E-state index in [-0.39, 0.29) is 15.9 Å². The van der Waals surface area contributed by atoms with Crippen molar-refractivity contribution in [1.82, 2.24) is 4.90 Å². The van der Waals surface area contributed by atoms with Gasteiger partial charge >= 0.3 is 0 Å². The molecule has 0 bridgehead atoms. The van der Waals surface area contributed by atoms with E-state index in [0.717, 1.165) is 32.0 Å². The van der Waals surface area contributed by atoms with Crippen LogP contribution >= 0.6 is 23.8 Å². The smallest absolute Gasteiger partial charge is 0.264 e. The molecule has 1 saturated heterocycles. The summed E-state index contributed by atoms with van der Waals surface area (Å²) >= 11 is 10.9. The number of thiocarbonyl (C=S) groups is 1. The summed E-state index contributed by atoms with van der Waals surface area (Å²) in [7, 11) is 1.46. The van der Waals surface area contributed by atoms with Crippen LogP contribution in [0.4, 0.5) is 4.39 Å². The lowest BCUT2D eigenvalue weighted by molar-refractivity contribution is 0.383. The normalized spacial score (nSPS) is 14.7. The molecule has 0 aliphatic carbocycles. The van der Waals surface area contributed by atoms with Gasteiger partial charge in [-0.1, -0.05) is 11.6 Å². The predicted octanol–water partition coefficient (Wildman–Crippen LogP) is 3.25. The summed E-state index contributed by atoms with van der Waals surface area (Å²) in [6.07, 6.45) is 2.16. The number of halogens is 2. The van der Waals surface area contributed by atoms with Crippen LogP contribution in [0.3, 0.4) is 0 Å². The number of hydrogen-bond acceptors (Lipinski definition) is 3. The van der Waals surface area contributed by atoms with Crippen molar-refractivity contribution in [3.05, 3.63) is 23.0 Å². The lowest BCUT2D eigenvalue weighted by atomic mass is 10.3. The number of methoxy groups -OCH3 is 1. The zero-order chi connectivity index (χ0) is 13.1. The minimum Gasteiger partial charge on any atom is -0.495 e. The largest absolute Gasteiger partial charge is 0.495 e. The lowest BCUT2D eigenvalue weighted by Gasteiger charge is -2.18. The van der Waals surface area contributed by atoms with Crippen LogP contribution in [0.1, 0.15) is 12.8 Å². The van der Waals surface area contributed by atoms with E-state index >= 15 is 0 Å². The first-order chi connectivity index (χ1) is 8.61. The molecule has 18 heavy (non-hydrogen) atoms. The molecule has 0 atom stereocenters. The van der Waals surface area contributed by atoms with Crippen LogP contribution in [0.25, 0.3) is 0 Å². The molecule has 1 aromatic carbocycles. The number of benzene rings is 1. The standard InChI is InChI=1S/C12H13ClFNO2S/c1-16-10-7-11(9(14)6-8(10)13)17-12(18)15-4-2-3-5-15/h6-7H,2-5H2,1H3. The Hall–Kier alpha value is -1.07. The van der Waals surface area contributed by atoms with Crippen LogP contribution in [-0.2, 0) is 0 Å². The van der Waals surface area contributed by atoms with Crippen molar-refractivity contribution in [2.45, 2.75) is 12.8 Å². The number of ether oxygens (including phenoxy) is 2. The number of rotatable bonds is 2. The van der Waals surface area contributed by atoms with Crippen LogP contribution < -0.4 is 9.47 Å². The van der Waals surface area contributed by atoms with E-state index in [1.807, 2.05) is 4.90 Å². The molecule has 1 aliphatic rings. The van der Waals surface area contributed by atoms with Gasteiger partial charge in [0, 0.05) is 25.2 Å². The van der Waals surface area contributed by atoms with Gasteiger partial charge < -0.3 is 14.4 Å². The Morgan fingerprint density at radius 2 is 2.00 bits per heavy atom. The van der Waals surface area contributed by atoms with Gasteiger partial charge in [0.25, 0.3) is 5.17 Å². The third-order valence-electron chi connectivity index (χ3n) is 2.77. The van der Waals surface area contributed by atoms with Crippen LogP contribution in [0.15, 0.2) is 12.1 Å². The second-order valence-electron chi connectivity index (χ2n) is 3.98. The average molecular weight is 290 g/mol. The SMILES string of the molecule is COc1cc(OC(=S)N2CCCC2)c(F)cc1Cl. The van der Waals surface area contributed by atoms with Crippen molar-refractivity contribution >= 4 is 29.0 Å². The monoisotopic (exact) mass is 289 g/mol. The van der Waals surface area contributed by atoms with Gasteiger partial charge in [-0.3, -0.25) is 0 Å². The van der Waals surface area contributed by atoms with Gasteiger partial charge in [0.15, 0.2) is 11.6 Å². The number of nitrogens with zero attached hydrogens (tertiary/aromatic N) is 1. The molecule has 1 aliphatic heterocycles. The average Bonchev–Trinajstić information content (AvgIpc) is 2.86. The van der Waals surface area contributed by atoms with E-state index in [0.29, 0.717) is 5.75 Å². The summed E-state index contributed by atoms with van der Waals surface area (Å²) in [5, 5.41) is 0.491. The molecule has 0 spiro atoms. The lowest BCUT2D eigenvalue weighted by Crippen LogP contribution is -2.30. The maximum atomic E-state index is 13.7. The van der Waals surface area contributed by atoms with E-state index in [9.17, 15) is 4.39 Å². The Bertz CT molecular complexity index is 464. The predicted molar refractivity (Wildman–Crippen MR) is 72.0 cm³/mol. The first-order valence-electron chi connectivity index (χ1n) is 5.61. The van der Waals surface area contributed by atoms with Crippen molar-refractivity contribution < 1.29 is 13.9 Å². The summed E-state index contributed by atoms with van der Waals surface area (Å²) in [6.45, 7) is 1.70. The summed E-state index contributed by atoms with van der Waals surface area (Å²) in [5.41, 5.74) is 0. The molecule has 1 heterocycles. The summed E-state index contributed by atoms with van der Waals surface area (Å²) < 4.78 is 24.1. The highest BCUT2D eigenvalue weighted by atomic mass is 35.5. The van der Waals surface area contributed by atoms with E-state index in [1.165, 1.54) is 13.2 Å². The molecule has 6 heteroatoms. The maximum absolute atomic E-state index is 13.7. The first-order valence-corrected chi connectivity index (χ1v) is 6.40. The third-order valence-corrected chi connectivity index (χ3v) is 3.40. The van der Waals surface area contributed by atoms with Crippen LogP contribution in [0.5, 0.6) is 11.5 Å². The molecule has 0 saturated carbocycles. The second-order valence-corrected chi connectivity index (χ2v) is 4.74. The van der Waals surface area contributed by atoms with Crippen molar-refractivity contribution in [1.29, 1.82) is 0 Å². The Morgan fingerprint density at radius 3 is 2.61 bits per heavy atom. The van der Waals surface area contributed by atoms with E-state index in [4.69, 9.17) is 33.3 Å². The fourth-order valence-electron chi connectivity index (χ4n) is 1.80. The van der Waals surface area contributed by atoms with Gasteiger partial charge in [-0.15, -0.1) is 0 Å². The van der Waals surface area contributed by atoms with Crippen molar-refractivity contribution in [3.63, 3.8) is 0 Å². The first kappa shape index (κ1) is 13.4. The quantitative estimate of drug-likeness (QED) is 0.779. The summed E-state index contributed by atoms with van der Waals surface area (Å²) in [4.78, 5) is 1.91. The molecule has 98 valence electrons. The minimum atomic E-state index is -0.553. The molecule has 3 nitrogen and oxygen atoms in total. The van der Waals surface area contributed by atoms with Crippen molar-refractivity contribution in [2.75, 3.05) is 20.2 Å². The zero-order valence-electron chi connectivity index (χ0n) is 9.91. The zero-order valence-corrected chi connectivity index (χ0v) is 11.5. The summed E-state index contributed by atoms with van der Waals surface area (Å²) in [6, 6.07) is 2.56. The van der Waals surface area contributed by atoms with Gasteiger partial charge in [0.1, 0.15) is 5.75 Å². The Morgan fingerprint density at radius 1 is 1.33 bits per heavy atom. The molecule has 0 radical (unpaired) electrons. The van der Waals surface area contributed by atoms with Crippen LogP contribution in [-0.4, -0.2) is 30.3 Å². The van der Waals surface area contributed by atoms with Gasteiger partial charge in [0.05, 0.1) is 12.1 Å². The molecule has 1 fully saturated rings. The van der Waals surface area contributed by atoms with Crippen LogP contribution in [0, 0.1) is 5.82 Å². The summed E-state index contributed by atoms with van der Waals surface area (Å²) in [5.74, 6) is -0.159. The third kappa shape index (κ3) is 2.84.